The van der Waals surface area contributed by atoms with E-state index in [1.165, 1.54) is 11.3 Å². The van der Waals surface area contributed by atoms with E-state index < -0.39 is 11.8 Å². The molecule has 1 aromatic rings. The van der Waals surface area contributed by atoms with Crippen LogP contribution in [0.4, 0.5) is 0 Å². The van der Waals surface area contributed by atoms with E-state index in [4.69, 9.17) is 14.6 Å². The number of rotatable bonds is 2. The fourth-order valence-electron chi connectivity index (χ4n) is 1.35. The lowest BCUT2D eigenvalue weighted by Crippen LogP contribution is -2.20. The molecule has 1 aliphatic heterocycles. The Balaban J connectivity index is 2.28. The Kier molecular flexibility index (Phi) is 2.30. The highest BCUT2D eigenvalue weighted by atomic mass is 32.1. The summed E-state index contributed by atoms with van der Waals surface area (Å²) in [6, 6.07) is 3.30. The van der Waals surface area contributed by atoms with E-state index in [1.807, 2.05) is 0 Å². The number of thiophene rings is 1. The molecule has 4 nitrogen and oxygen atoms in total. The molecule has 0 saturated carbocycles. The zero-order valence-corrected chi connectivity index (χ0v) is 8.47. The maximum atomic E-state index is 10.7. The molecule has 1 aromatic heterocycles. The molecule has 1 fully saturated rings. The second kappa shape index (κ2) is 3.34. The quantitative estimate of drug-likeness (QED) is 0.813. The monoisotopic (exact) mass is 214 g/mol. The summed E-state index contributed by atoms with van der Waals surface area (Å²) < 4.78 is 10.8. The van der Waals surface area contributed by atoms with Crippen LogP contribution in [0.25, 0.3) is 0 Å². The molecule has 0 atom stereocenters. The molecule has 0 bridgehead atoms. The Morgan fingerprint density at radius 1 is 1.50 bits per heavy atom. The maximum absolute atomic E-state index is 10.7. The second-order valence-electron chi connectivity index (χ2n) is 3.11. The van der Waals surface area contributed by atoms with Crippen LogP contribution in [0.5, 0.6) is 0 Å². The number of carboxylic acid groups (broad SMARTS) is 1. The normalized spacial score (nSPS) is 19.8. The van der Waals surface area contributed by atoms with Gasteiger partial charge in [0.2, 0.25) is 5.79 Å². The summed E-state index contributed by atoms with van der Waals surface area (Å²) in [4.78, 5) is 11.8. The van der Waals surface area contributed by atoms with Gasteiger partial charge in [0.25, 0.3) is 0 Å². The van der Waals surface area contributed by atoms with Crippen molar-refractivity contribution in [1.82, 2.24) is 0 Å². The van der Waals surface area contributed by atoms with Crippen molar-refractivity contribution in [3.63, 3.8) is 0 Å². The molecule has 0 radical (unpaired) electrons. The molecule has 0 aliphatic carbocycles. The molecule has 5 heteroatoms. The van der Waals surface area contributed by atoms with Gasteiger partial charge in [0.1, 0.15) is 4.88 Å². The molecular weight excluding hydrogens is 204 g/mol. The highest BCUT2D eigenvalue weighted by Crippen LogP contribution is 2.35. The van der Waals surface area contributed by atoms with Gasteiger partial charge in [-0.05, 0) is 19.1 Å². The third kappa shape index (κ3) is 1.54. The van der Waals surface area contributed by atoms with E-state index in [2.05, 4.69) is 0 Å². The average Bonchev–Trinajstić information content (AvgIpc) is 2.71. The minimum atomic E-state index is -0.914. The predicted octanol–water partition coefficient (Wildman–Crippen LogP) is 1.67. The first-order chi connectivity index (χ1) is 6.62. The summed E-state index contributed by atoms with van der Waals surface area (Å²) in [5, 5.41) is 8.75. The van der Waals surface area contributed by atoms with Gasteiger partial charge in [-0.1, -0.05) is 0 Å². The van der Waals surface area contributed by atoms with Gasteiger partial charge in [-0.2, -0.15) is 0 Å². The topological polar surface area (TPSA) is 55.8 Å². The smallest absolute Gasteiger partial charge is 0.345 e. The molecule has 0 amide bonds. The first kappa shape index (κ1) is 9.64. The van der Waals surface area contributed by atoms with Crippen LogP contribution in [0.1, 0.15) is 21.5 Å². The van der Waals surface area contributed by atoms with Crippen molar-refractivity contribution >= 4 is 17.3 Å². The van der Waals surface area contributed by atoms with Crippen molar-refractivity contribution < 1.29 is 19.4 Å². The Bertz CT molecular complexity index is 351. The summed E-state index contributed by atoms with van der Waals surface area (Å²) in [5.41, 5.74) is 0. The molecule has 0 spiro atoms. The van der Waals surface area contributed by atoms with Gasteiger partial charge in [0.05, 0.1) is 18.1 Å². The maximum Gasteiger partial charge on any atom is 0.345 e. The number of hydrogen-bond acceptors (Lipinski definition) is 4. The lowest BCUT2D eigenvalue weighted by molar-refractivity contribution is -0.146. The molecule has 2 rings (SSSR count). The van der Waals surface area contributed by atoms with E-state index in [0.717, 1.165) is 4.88 Å². The number of ether oxygens (including phenoxy) is 2. The SMILES string of the molecule is CC1(c2ccc(C(=O)O)s2)OCCO1. The van der Waals surface area contributed by atoms with Crippen molar-refractivity contribution in [1.29, 1.82) is 0 Å². The van der Waals surface area contributed by atoms with E-state index in [-0.39, 0.29) is 0 Å². The van der Waals surface area contributed by atoms with Crippen LogP contribution in [-0.2, 0) is 15.3 Å². The molecule has 1 aliphatic rings. The number of hydrogen-bond donors (Lipinski definition) is 1. The Labute approximate surface area is 85.1 Å². The average molecular weight is 214 g/mol. The summed E-state index contributed by atoms with van der Waals surface area (Å²) in [6.45, 7) is 2.91. The van der Waals surface area contributed by atoms with Crippen LogP contribution < -0.4 is 0 Å². The van der Waals surface area contributed by atoms with Gasteiger partial charge in [-0.3, -0.25) is 0 Å². The first-order valence-electron chi connectivity index (χ1n) is 4.23. The number of aromatic carboxylic acids is 1. The molecule has 14 heavy (non-hydrogen) atoms. The van der Waals surface area contributed by atoms with E-state index >= 15 is 0 Å². The van der Waals surface area contributed by atoms with Gasteiger partial charge in [-0.25, -0.2) is 4.79 Å². The van der Waals surface area contributed by atoms with Crippen LogP contribution in [0, 0.1) is 0 Å². The van der Waals surface area contributed by atoms with Crippen LogP contribution in [0.15, 0.2) is 12.1 Å². The van der Waals surface area contributed by atoms with E-state index in [9.17, 15) is 4.79 Å². The summed E-state index contributed by atoms with van der Waals surface area (Å²) >= 11 is 1.19. The summed E-state index contributed by atoms with van der Waals surface area (Å²) in [7, 11) is 0. The fourth-order valence-corrected chi connectivity index (χ4v) is 2.25. The Morgan fingerprint density at radius 2 is 2.14 bits per heavy atom. The van der Waals surface area contributed by atoms with Crippen molar-refractivity contribution in [3.8, 4) is 0 Å². The molecule has 1 N–H and O–H groups in total. The molecule has 0 aromatic carbocycles. The highest BCUT2D eigenvalue weighted by molar-refractivity contribution is 7.14. The lowest BCUT2D eigenvalue weighted by atomic mass is 10.2. The van der Waals surface area contributed by atoms with Crippen molar-refractivity contribution in [3.05, 3.63) is 21.9 Å². The van der Waals surface area contributed by atoms with Crippen LogP contribution in [0.3, 0.4) is 0 Å². The third-order valence-corrected chi connectivity index (χ3v) is 3.36. The second-order valence-corrected chi connectivity index (χ2v) is 4.20. The number of carboxylic acids is 1. The molecular formula is C9H10O4S. The Morgan fingerprint density at radius 3 is 2.64 bits per heavy atom. The minimum Gasteiger partial charge on any atom is -0.477 e. The van der Waals surface area contributed by atoms with Gasteiger partial charge in [-0.15, -0.1) is 11.3 Å². The summed E-state index contributed by atoms with van der Waals surface area (Å²) in [6.07, 6.45) is 0. The van der Waals surface area contributed by atoms with Gasteiger partial charge >= 0.3 is 5.97 Å². The van der Waals surface area contributed by atoms with Gasteiger partial charge < -0.3 is 14.6 Å². The lowest BCUT2D eigenvalue weighted by Gasteiger charge is -2.19. The van der Waals surface area contributed by atoms with E-state index in [1.54, 1.807) is 19.1 Å². The van der Waals surface area contributed by atoms with Crippen LogP contribution in [-0.4, -0.2) is 24.3 Å². The minimum absolute atomic E-state index is 0.306. The van der Waals surface area contributed by atoms with Crippen molar-refractivity contribution in [2.45, 2.75) is 12.7 Å². The Hall–Kier alpha value is -0.910. The highest BCUT2D eigenvalue weighted by Gasteiger charge is 2.34. The zero-order valence-electron chi connectivity index (χ0n) is 7.65. The van der Waals surface area contributed by atoms with Gasteiger partial charge in [0.15, 0.2) is 0 Å². The first-order valence-corrected chi connectivity index (χ1v) is 5.05. The van der Waals surface area contributed by atoms with Gasteiger partial charge in [0, 0.05) is 0 Å². The molecule has 1 saturated heterocycles. The third-order valence-electron chi connectivity index (χ3n) is 2.10. The predicted molar refractivity (Wildman–Crippen MR) is 50.5 cm³/mol. The molecule has 0 unspecified atom stereocenters. The van der Waals surface area contributed by atoms with Crippen LogP contribution >= 0.6 is 11.3 Å². The van der Waals surface area contributed by atoms with Crippen LogP contribution in [0.2, 0.25) is 0 Å². The summed E-state index contributed by atoms with van der Waals surface area (Å²) in [5.74, 6) is -1.67. The zero-order chi connectivity index (χ0) is 10.2. The standard InChI is InChI=1S/C9H10O4S/c1-9(12-4-5-13-9)7-3-2-6(14-7)8(10)11/h2-3H,4-5H2,1H3,(H,10,11). The number of carbonyl (C=O) groups is 1. The molecule has 76 valence electrons. The van der Waals surface area contributed by atoms with Crippen molar-refractivity contribution in [2.24, 2.45) is 0 Å². The van der Waals surface area contributed by atoms with Crippen molar-refractivity contribution in [2.75, 3.05) is 13.2 Å². The fraction of sp³-hybridized carbons (Fsp3) is 0.444. The van der Waals surface area contributed by atoms with E-state index in [0.29, 0.717) is 18.1 Å². The largest absolute Gasteiger partial charge is 0.477 e. The molecule has 2 heterocycles.